The Morgan fingerprint density at radius 2 is 1.74 bits per heavy atom. The second-order valence-corrected chi connectivity index (χ2v) is 10.1. The molecule has 2 aromatic rings. The van der Waals surface area contributed by atoms with Gasteiger partial charge in [-0.3, -0.25) is 4.79 Å². The lowest BCUT2D eigenvalue weighted by Crippen LogP contribution is -2.36. The minimum atomic E-state index is -3.55. The lowest BCUT2D eigenvalue weighted by atomic mass is 10.2. The van der Waals surface area contributed by atoms with Gasteiger partial charge in [0, 0.05) is 50.2 Å². The van der Waals surface area contributed by atoms with E-state index in [2.05, 4.69) is 31.4 Å². The van der Waals surface area contributed by atoms with Crippen molar-refractivity contribution in [2.75, 3.05) is 26.2 Å². The molecule has 1 aliphatic rings. The van der Waals surface area contributed by atoms with Crippen molar-refractivity contribution in [3.05, 3.63) is 58.9 Å². The number of aromatic nitrogens is 1. The molecule has 1 aromatic heterocycles. The predicted molar refractivity (Wildman–Crippen MR) is 124 cm³/mol. The molecule has 168 valence electrons. The van der Waals surface area contributed by atoms with Crippen molar-refractivity contribution in [3.63, 3.8) is 0 Å². The highest BCUT2D eigenvalue weighted by molar-refractivity contribution is 7.89. The van der Waals surface area contributed by atoms with Gasteiger partial charge in [0.2, 0.25) is 15.9 Å². The Labute approximate surface area is 186 Å². The fourth-order valence-electron chi connectivity index (χ4n) is 4.04. The molecule has 2 heterocycles. The monoisotopic (exact) mass is 443 g/mol. The number of carbonyl (C=O) groups excluding carboxylic acids is 1. The molecule has 0 unspecified atom stereocenters. The Bertz CT molecular complexity index is 1050. The standard InChI is InChI=1S/C24H33N3O3S/c1-5-13-27-20(3)18-22(21(27)4)9-12-24(28)25-14-6-15-26(17-16-25)31(29,30)23-10-7-19(2)8-11-23/h7-12,18H,5-6,13-17H2,1-4H3. The third-order valence-electron chi connectivity index (χ3n) is 5.89. The number of carbonyl (C=O) groups is 1. The minimum absolute atomic E-state index is 0.0742. The molecule has 0 bridgehead atoms. The molecular weight excluding hydrogens is 410 g/mol. The van der Waals surface area contributed by atoms with E-state index in [1.165, 1.54) is 10.00 Å². The lowest BCUT2D eigenvalue weighted by Gasteiger charge is -2.21. The molecular formula is C24H33N3O3S. The summed E-state index contributed by atoms with van der Waals surface area (Å²) in [6, 6.07) is 9.02. The molecule has 0 atom stereocenters. The molecule has 6 nitrogen and oxygen atoms in total. The first kappa shape index (κ1) is 23.3. The molecule has 1 fully saturated rings. The van der Waals surface area contributed by atoms with Crippen LogP contribution in [0.5, 0.6) is 0 Å². The van der Waals surface area contributed by atoms with Crippen LogP contribution < -0.4 is 0 Å². The summed E-state index contributed by atoms with van der Waals surface area (Å²) < 4.78 is 29.7. The highest BCUT2D eigenvalue weighted by Gasteiger charge is 2.27. The summed E-state index contributed by atoms with van der Waals surface area (Å²) in [7, 11) is -3.55. The van der Waals surface area contributed by atoms with Crippen LogP contribution in [0.15, 0.2) is 41.3 Å². The summed E-state index contributed by atoms with van der Waals surface area (Å²) in [5.74, 6) is -0.0742. The minimum Gasteiger partial charge on any atom is -0.349 e. The molecule has 0 aliphatic carbocycles. The molecule has 0 spiro atoms. The summed E-state index contributed by atoms with van der Waals surface area (Å²) >= 11 is 0. The third-order valence-corrected chi connectivity index (χ3v) is 7.80. The fraction of sp³-hybridized carbons (Fsp3) is 0.458. The van der Waals surface area contributed by atoms with Crippen molar-refractivity contribution in [1.82, 2.24) is 13.8 Å². The Balaban J connectivity index is 1.67. The van der Waals surface area contributed by atoms with Crippen LogP contribution in [0.2, 0.25) is 0 Å². The number of nitrogens with zero attached hydrogens (tertiary/aromatic N) is 3. The van der Waals surface area contributed by atoms with Gasteiger partial charge < -0.3 is 9.47 Å². The number of amides is 1. The molecule has 1 aliphatic heterocycles. The van der Waals surface area contributed by atoms with E-state index in [0.717, 1.165) is 29.8 Å². The largest absolute Gasteiger partial charge is 0.349 e. The van der Waals surface area contributed by atoms with Crippen LogP contribution in [-0.2, 0) is 21.4 Å². The summed E-state index contributed by atoms with van der Waals surface area (Å²) in [6.45, 7) is 10.9. The van der Waals surface area contributed by atoms with Gasteiger partial charge in [0.25, 0.3) is 0 Å². The fourth-order valence-corrected chi connectivity index (χ4v) is 5.51. The van der Waals surface area contributed by atoms with Gasteiger partial charge in [-0.15, -0.1) is 0 Å². The van der Waals surface area contributed by atoms with E-state index < -0.39 is 10.0 Å². The third kappa shape index (κ3) is 5.28. The van der Waals surface area contributed by atoms with Crippen molar-refractivity contribution in [2.24, 2.45) is 0 Å². The van der Waals surface area contributed by atoms with E-state index in [9.17, 15) is 13.2 Å². The predicted octanol–water partition coefficient (Wildman–Crippen LogP) is 3.76. The maximum Gasteiger partial charge on any atom is 0.246 e. The normalized spacial score (nSPS) is 16.1. The SMILES string of the molecule is CCCn1c(C)cc(C=CC(=O)N2CCCN(S(=O)(=O)c3ccc(C)cc3)CC2)c1C. The van der Waals surface area contributed by atoms with Crippen LogP contribution in [-0.4, -0.2) is 54.3 Å². The maximum absolute atomic E-state index is 13.0. The first-order chi connectivity index (χ1) is 14.7. The maximum atomic E-state index is 13.0. The smallest absolute Gasteiger partial charge is 0.246 e. The van der Waals surface area contributed by atoms with Crippen molar-refractivity contribution >= 4 is 22.0 Å². The molecule has 1 amide bonds. The molecule has 31 heavy (non-hydrogen) atoms. The number of hydrogen-bond donors (Lipinski definition) is 0. The summed E-state index contributed by atoms with van der Waals surface area (Å²) in [4.78, 5) is 14.8. The Hall–Kier alpha value is -2.38. The van der Waals surface area contributed by atoms with E-state index in [0.29, 0.717) is 37.5 Å². The number of sulfonamides is 1. The Morgan fingerprint density at radius 1 is 1.03 bits per heavy atom. The quantitative estimate of drug-likeness (QED) is 0.639. The molecule has 3 rings (SSSR count). The molecule has 0 saturated carbocycles. The van der Waals surface area contributed by atoms with Gasteiger partial charge in [0.15, 0.2) is 0 Å². The molecule has 0 N–H and O–H groups in total. The van der Waals surface area contributed by atoms with Crippen LogP contribution in [0.3, 0.4) is 0 Å². The molecule has 1 saturated heterocycles. The van der Waals surface area contributed by atoms with Crippen molar-refractivity contribution < 1.29 is 13.2 Å². The first-order valence-corrected chi connectivity index (χ1v) is 12.4. The second kappa shape index (κ2) is 9.83. The van der Waals surface area contributed by atoms with Gasteiger partial charge in [-0.2, -0.15) is 4.31 Å². The zero-order chi connectivity index (χ0) is 22.6. The van der Waals surface area contributed by atoms with Gasteiger partial charge in [-0.05, 0) is 63.5 Å². The van der Waals surface area contributed by atoms with Crippen molar-refractivity contribution in [3.8, 4) is 0 Å². The zero-order valence-electron chi connectivity index (χ0n) is 19.0. The number of rotatable bonds is 6. The number of hydrogen-bond acceptors (Lipinski definition) is 3. The van der Waals surface area contributed by atoms with Gasteiger partial charge >= 0.3 is 0 Å². The van der Waals surface area contributed by atoms with Gasteiger partial charge in [-0.1, -0.05) is 24.6 Å². The van der Waals surface area contributed by atoms with Crippen LogP contribution in [0, 0.1) is 20.8 Å². The topological polar surface area (TPSA) is 62.6 Å². The molecule has 7 heteroatoms. The van der Waals surface area contributed by atoms with Crippen LogP contribution >= 0.6 is 0 Å². The van der Waals surface area contributed by atoms with Crippen molar-refractivity contribution in [2.45, 2.75) is 52.0 Å². The Kier molecular flexibility index (Phi) is 7.38. The average Bonchev–Trinajstić information content (AvgIpc) is 2.92. The summed E-state index contributed by atoms with van der Waals surface area (Å²) in [5, 5.41) is 0. The van der Waals surface area contributed by atoms with E-state index in [4.69, 9.17) is 0 Å². The van der Waals surface area contributed by atoms with E-state index in [1.54, 1.807) is 23.1 Å². The first-order valence-electron chi connectivity index (χ1n) is 10.9. The summed E-state index contributed by atoms with van der Waals surface area (Å²) in [6.07, 6.45) is 5.18. The summed E-state index contributed by atoms with van der Waals surface area (Å²) in [5.41, 5.74) is 4.43. The highest BCUT2D eigenvalue weighted by Crippen LogP contribution is 2.20. The van der Waals surface area contributed by atoms with Gasteiger partial charge in [-0.25, -0.2) is 8.42 Å². The van der Waals surface area contributed by atoms with E-state index in [-0.39, 0.29) is 5.91 Å². The van der Waals surface area contributed by atoms with Gasteiger partial charge in [0.05, 0.1) is 4.90 Å². The molecule has 1 aromatic carbocycles. The Morgan fingerprint density at radius 3 is 2.42 bits per heavy atom. The average molecular weight is 444 g/mol. The molecule has 0 radical (unpaired) electrons. The van der Waals surface area contributed by atoms with E-state index in [1.807, 2.05) is 25.1 Å². The lowest BCUT2D eigenvalue weighted by molar-refractivity contribution is -0.125. The second-order valence-electron chi connectivity index (χ2n) is 8.21. The zero-order valence-corrected chi connectivity index (χ0v) is 19.8. The highest BCUT2D eigenvalue weighted by atomic mass is 32.2. The van der Waals surface area contributed by atoms with E-state index >= 15 is 0 Å². The van der Waals surface area contributed by atoms with Crippen LogP contribution in [0.4, 0.5) is 0 Å². The van der Waals surface area contributed by atoms with Gasteiger partial charge in [0.1, 0.15) is 0 Å². The number of benzene rings is 1. The van der Waals surface area contributed by atoms with Crippen LogP contribution in [0.1, 0.15) is 42.3 Å². The van der Waals surface area contributed by atoms with Crippen LogP contribution in [0.25, 0.3) is 6.08 Å². The number of aryl methyl sites for hydroxylation is 2. The van der Waals surface area contributed by atoms with Crippen molar-refractivity contribution in [1.29, 1.82) is 0 Å².